The van der Waals surface area contributed by atoms with Gasteiger partial charge in [-0.25, -0.2) is 0 Å². The molecule has 2 fully saturated rings. The number of carbonyl (C=O) groups excluding carboxylic acids is 1. The zero-order valence-corrected chi connectivity index (χ0v) is 14.7. The average Bonchev–Trinajstić information content (AvgIpc) is 3.23. The number of rotatable bonds is 4. The van der Waals surface area contributed by atoms with Gasteiger partial charge in [0, 0.05) is 0 Å². The third-order valence-corrected chi connectivity index (χ3v) is 5.20. The Kier molecular flexibility index (Phi) is 5.50. The molecule has 2 aliphatic heterocycles. The van der Waals surface area contributed by atoms with Crippen LogP contribution in [0.4, 0.5) is 0 Å². The topological polar surface area (TPSA) is 65.4 Å². The smallest absolute Gasteiger partial charge is 0.241 e. The number of nitriles is 1. The monoisotopic (exact) mass is 367 g/mol. The van der Waals surface area contributed by atoms with E-state index in [1.54, 1.807) is 23.1 Å². The summed E-state index contributed by atoms with van der Waals surface area (Å²) < 4.78 is 5.80. The van der Waals surface area contributed by atoms with E-state index in [9.17, 15) is 10.1 Å². The Morgan fingerprint density at radius 1 is 1.33 bits per heavy atom. The molecule has 0 saturated carbocycles. The van der Waals surface area contributed by atoms with Gasteiger partial charge in [0.2, 0.25) is 5.91 Å². The fourth-order valence-electron chi connectivity index (χ4n) is 3.38. The number of benzene rings is 1. The van der Waals surface area contributed by atoms with Crippen molar-refractivity contribution in [2.75, 3.05) is 13.2 Å². The Hall–Kier alpha value is -1.48. The summed E-state index contributed by atoms with van der Waals surface area (Å²) in [6.07, 6.45) is 3.20. The number of hydrogen-bond donors (Lipinski definition) is 1. The van der Waals surface area contributed by atoms with Crippen LogP contribution in [0, 0.1) is 11.3 Å². The van der Waals surface area contributed by atoms with Crippen LogP contribution < -0.4 is 10.1 Å². The van der Waals surface area contributed by atoms with Crippen molar-refractivity contribution in [2.24, 2.45) is 0 Å². The number of hydrogen-bond acceptors (Lipinski definition) is 4. The van der Waals surface area contributed by atoms with Crippen molar-refractivity contribution >= 4 is 29.1 Å². The molecule has 1 amide bonds. The molecule has 2 heterocycles. The van der Waals surface area contributed by atoms with Gasteiger partial charge in [-0.3, -0.25) is 4.79 Å². The number of carbonyl (C=O) groups is 1. The van der Waals surface area contributed by atoms with Crippen LogP contribution in [0.25, 0.3) is 0 Å². The Labute approximate surface area is 151 Å². The lowest BCUT2D eigenvalue weighted by atomic mass is 10.1. The highest BCUT2D eigenvalue weighted by Gasteiger charge is 2.40. The third kappa shape index (κ3) is 3.46. The minimum absolute atomic E-state index is 0.00425. The number of halogens is 2. The van der Waals surface area contributed by atoms with Crippen LogP contribution in [0.3, 0.4) is 0 Å². The predicted molar refractivity (Wildman–Crippen MR) is 92.3 cm³/mol. The van der Waals surface area contributed by atoms with Crippen molar-refractivity contribution in [2.45, 2.75) is 43.8 Å². The fraction of sp³-hybridized carbons (Fsp3) is 0.529. The SMILES string of the molecule is N#C[C@@H]1CC[C@H](COc2c(Cl)cccc2Cl)N1C(=O)C1CCCN1. The fourth-order valence-corrected chi connectivity index (χ4v) is 3.89. The van der Waals surface area contributed by atoms with Gasteiger partial charge in [-0.05, 0) is 44.4 Å². The van der Waals surface area contributed by atoms with Crippen LogP contribution in [0.5, 0.6) is 5.75 Å². The molecule has 3 rings (SSSR count). The van der Waals surface area contributed by atoms with Crippen LogP contribution in [0.2, 0.25) is 10.0 Å². The second-order valence-corrected chi connectivity index (χ2v) is 6.95. The molecule has 1 aromatic carbocycles. The van der Waals surface area contributed by atoms with E-state index in [1.165, 1.54) is 0 Å². The number of nitrogens with one attached hydrogen (secondary N) is 1. The van der Waals surface area contributed by atoms with Crippen molar-refractivity contribution < 1.29 is 9.53 Å². The van der Waals surface area contributed by atoms with Crippen molar-refractivity contribution in [3.63, 3.8) is 0 Å². The van der Waals surface area contributed by atoms with Gasteiger partial charge in [-0.1, -0.05) is 29.3 Å². The highest BCUT2D eigenvalue weighted by molar-refractivity contribution is 6.37. The van der Waals surface area contributed by atoms with E-state index in [-0.39, 0.29) is 24.6 Å². The Morgan fingerprint density at radius 2 is 2.08 bits per heavy atom. The molecule has 1 aromatic rings. The van der Waals surface area contributed by atoms with Crippen LogP contribution in [-0.2, 0) is 4.79 Å². The van der Waals surface area contributed by atoms with Gasteiger partial charge in [-0.2, -0.15) is 5.26 Å². The maximum Gasteiger partial charge on any atom is 0.241 e. The van der Waals surface area contributed by atoms with Crippen molar-refractivity contribution in [1.82, 2.24) is 10.2 Å². The standard InChI is InChI=1S/C17H19Cl2N3O2/c18-13-3-1-4-14(19)16(13)24-10-12-7-6-11(9-20)22(12)17(23)15-5-2-8-21-15/h1,3-4,11-12,15,21H,2,5-8,10H2/t11-,12+,15?/m0/s1. The van der Waals surface area contributed by atoms with E-state index in [4.69, 9.17) is 27.9 Å². The van der Waals surface area contributed by atoms with Crippen LogP contribution >= 0.6 is 23.2 Å². The van der Waals surface area contributed by atoms with Gasteiger partial charge in [0.25, 0.3) is 0 Å². The van der Waals surface area contributed by atoms with Crippen LogP contribution in [0.1, 0.15) is 25.7 Å². The molecule has 0 aromatic heterocycles. The largest absolute Gasteiger partial charge is 0.488 e. The molecular weight excluding hydrogens is 349 g/mol. The molecule has 0 radical (unpaired) electrons. The zero-order chi connectivity index (χ0) is 17.1. The van der Waals surface area contributed by atoms with Gasteiger partial charge >= 0.3 is 0 Å². The van der Waals surface area contributed by atoms with Crippen LogP contribution in [-0.4, -0.2) is 42.1 Å². The Balaban J connectivity index is 1.71. The summed E-state index contributed by atoms with van der Waals surface area (Å²) in [4.78, 5) is 14.5. The summed E-state index contributed by atoms with van der Waals surface area (Å²) in [5.41, 5.74) is 0. The summed E-state index contributed by atoms with van der Waals surface area (Å²) >= 11 is 12.2. The molecule has 24 heavy (non-hydrogen) atoms. The van der Waals surface area contributed by atoms with E-state index in [0.717, 1.165) is 25.8 Å². The first kappa shape index (κ1) is 17.3. The van der Waals surface area contributed by atoms with Crippen molar-refractivity contribution in [1.29, 1.82) is 5.26 Å². The van der Waals surface area contributed by atoms with E-state index in [0.29, 0.717) is 22.2 Å². The molecule has 0 bridgehead atoms. The summed E-state index contributed by atoms with van der Waals surface area (Å²) in [7, 11) is 0. The summed E-state index contributed by atoms with van der Waals surface area (Å²) in [6, 6.07) is 6.68. The van der Waals surface area contributed by atoms with Gasteiger partial charge in [0.05, 0.1) is 28.2 Å². The Morgan fingerprint density at radius 3 is 2.71 bits per heavy atom. The summed E-state index contributed by atoms with van der Waals surface area (Å²) in [5, 5.41) is 13.5. The number of likely N-dealkylation sites (tertiary alicyclic amines) is 1. The first-order chi connectivity index (χ1) is 11.6. The first-order valence-electron chi connectivity index (χ1n) is 8.14. The van der Waals surface area contributed by atoms with Crippen molar-refractivity contribution in [3.05, 3.63) is 28.2 Å². The molecule has 2 aliphatic rings. The highest BCUT2D eigenvalue weighted by atomic mass is 35.5. The molecule has 1 unspecified atom stereocenters. The third-order valence-electron chi connectivity index (χ3n) is 4.60. The highest BCUT2D eigenvalue weighted by Crippen LogP contribution is 2.34. The lowest BCUT2D eigenvalue weighted by Crippen LogP contribution is -2.50. The molecule has 128 valence electrons. The summed E-state index contributed by atoms with van der Waals surface area (Å²) in [6.45, 7) is 1.12. The van der Waals surface area contributed by atoms with E-state index in [2.05, 4.69) is 11.4 Å². The predicted octanol–water partition coefficient (Wildman–Crippen LogP) is 3.01. The minimum Gasteiger partial charge on any atom is -0.488 e. The van der Waals surface area contributed by atoms with E-state index in [1.807, 2.05) is 0 Å². The Bertz CT molecular complexity index is 635. The normalized spacial score (nSPS) is 26.4. The quantitative estimate of drug-likeness (QED) is 0.887. The number of amides is 1. The molecule has 3 atom stereocenters. The maximum absolute atomic E-state index is 12.8. The number of para-hydroxylation sites is 1. The second kappa shape index (κ2) is 7.60. The molecular formula is C17H19Cl2N3O2. The maximum atomic E-state index is 12.8. The average molecular weight is 368 g/mol. The van der Waals surface area contributed by atoms with Gasteiger partial charge in [-0.15, -0.1) is 0 Å². The minimum atomic E-state index is -0.393. The van der Waals surface area contributed by atoms with E-state index < -0.39 is 6.04 Å². The number of nitrogens with zero attached hydrogens (tertiary/aromatic N) is 2. The molecule has 0 spiro atoms. The zero-order valence-electron chi connectivity index (χ0n) is 13.2. The van der Waals surface area contributed by atoms with Crippen molar-refractivity contribution in [3.8, 4) is 11.8 Å². The molecule has 1 N–H and O–H groups in total. The van der Waals surface area contributed by atoms with Gasteiger partial charge in [0.15, 0.2) is 5.75 Å². The molecule has 0 aliphatic carbocycles. The van der Waals surface area contributed by atoms with E-state index >= 15 is 0 Å². The molecule has 7 heteroatoms. The van der Waals surface area contributed by atoms with Crippen LogP contribution in [0.15, 0.2) is 18.2 Å². The summed E-state index contributed by atoms with van der Waals surface area (Å²) in [5.74, 6) is 0.419. The lowest BCUT2D eigenvalue weighted by molar-refractivity contribution is -0.135. The molecule has 5 nitrogen and oxygen atoms in total. The molecule has 2 saturated heterocycles. The van der Waals surface area contributed by atoms with Gasteiger partial charge in [0.1, 0.15) is 12.6 Å². The lowest BCUT2D eigenvalue weighted by Gasteiger charge is -2.29. The van der Waals surface area contributed by atoms with Gasteiger partial charge < -0.3 is 15.0 Å². The first-order valence-corrected chi connectivity index (χ1v) is 8.89. The number of ether oxygens (including phenoxy) is 1. The second-order valence-electron chi connectivity index (χ2n) is 6.13.